The van der Waals surface area contributed by atoms with Crippen molar-refractivity contribution in [1.29, 1.82) is 0 Å². The number of hydrogen-bond acceptors (Lipinski definition) is 3. The molecule has 0 spiro atoms. The molecule has 1 aliphatic heterocycles. The fourth-order valence-corrected chi connectivity index (χ4v) is 1.92. The van der Waals surface area contributed by atoms with Gasteiger partial charge in [0, 0.05) is 11.5 Å². The van der Waals surface area contributed by atoms with Gasteiger partial charge in [-0.3, -0.25) is 4.79 Å². The number of azide groups is 1. The molecule has 5 nitrogen and oxygen atoms in total. The molecule has 0 amide bonds. The van der Waals surface area contributed by atoms with Gasteiger partial charge in [-0.1, -0.05) is 35.4 Å². The highest BCUT2D eigenvalue weighted by Gasteiger charge is 2.44. The number of benzene rings is 1. The first-order valence-corrected chi connectivity index (χ1v) is 4.97. The number of Topliss-reactive ketones (excluding diaryl/α,β-unsaturated/α-hetero) is 1. The molecule has 82 valence electrons. The van der Waals surface area contributed by atoms with Crippen LogP contribution in [0.1, 0.15) is 5.56 Å². The standard InChI is InChI=1S/C11H11N3O2/c12-14-13-7-11(8-16-6-10(11)15)9-4-2-1-3-5-9/h1-5H,6-8H2. The smallest absolute Gasteiger partial charge is 0.171 e. The van der Waals surface area contributed by atoms with Crippen molar-refractivity contribution in [2.45, 2.75) is 5.41 Å². The van der Waals surface area contributed by atoms with Crippen molar-refractivity contribution < 1.29 is 9.53 Å². The summed E-state index contributed by atoms with van der Waals surface area (Å²) in [4.78, 5) is 14.6. The number of ether oxygens (including phenoxy) is 1. The van der Waals surface area contributed by atoms with Crippen LogP contribution in [0, 0.1) is 0 Å². The van der Waals surface area contributed by atoms with E-state index in [4.69, 9.17) is 10.3 Å². The molecular weight excluding hydrogens is 206 g/mol. The highest BCUT2D eigenvalue weighted by Crippen LogP contribution is 2.30. The molecule has 1 aromatic rings. The van der Waals surface area contributed by atoms with E-state index in [0.29, 0.717) is 0 Å². The van der Waals surface area contributed by atoms with Crippen LogP contribution in [0.2, 0.25) is 0 Å². The molecule has 16 heavy (non-hydrogen) atoms. The maximum Gasteiger partial charge on any atom is 0.171 e. The second kappa shape index (κ2) is 4.35. The fourth-order valence-electron chi connectivity index (χ4n) is 1.92. The molecule has 1 saturated heterocycles. The SMILES string of the molecule is [N-]=[N+]=NCC1(c2ccccc2)COCC1=O. The molecule has 2 rings (SSSR count). The average Bonchev–Trinajstić information content (AvgIpc) is 2.70. The molecule has 1 aromatic carbocycles. The molecule has 0 radical (unpaired) electrons. The van der Waals surface area contributed by atoms with E-state index in [2.05, 4.69) is 10.0 Å². The lowest BCUT2D eigenvalue weighted by Crippen LogP contribution is -2.37. The van der Waals surface area contributed by atoms with E-state index in [9.17, 15) is 4.79 Å². The fraction of sp³-hybridized carbons (Fsp3) is 0.364. The monoisotopic (exact) mass is 217 g/mol. The molecule has 1 fully saturated rings. The molecule has 5 heteroatoms. The Hall–Kier alpha value is -1.84. The molecule has 1 heterocycles. The molecule has 0 N–H and O–H groups in total. The molecule has 0 saturated carbocycles. The first-order chi connectivity index (χ1) is 7.79. The van der Waals surface area contributed by atoms with Gasteiger partial charge in [-0.25, -0.2) is 0 Å². The molecule has 1 unspecified atom stereocenters. The summed E-state index contributed by atoms with van der Waals surface area (Å²) in [5, 5.41) is 3.53. The summed E-state index contributed by atoms with van der Waals surface area (Å²) in [5.74, 6) is -0.0221. The van der Waals surface area contributed by atoms with Crippen LogP contribution in [0.5, 0.6) is 0 Å². The lowest BCUT2D eigenvalue weighted by atomic mass is 9.79. The summed E-state index contributed by atoms with van der Waals surface area (Å²) >= 11 is 0. The Morgan fingerprint density at radius 1 is 1.44 bits per heavy atom. The summed E-state index contributed by atoms with van der Waals surface area (Å²) in [6.45, 7) is 0.497. The Bertz CT molecular complexity index is 440. The normalized spacial score (nSPS) is 24.1. The first-order valence-electron chi connectivity index (χ1n) is 4.97. The van der Waals surface area contributed by atoms with Gasteiger partial charge < -0.3 is 4.74 Å². The lowest BCUT2D eigenvalue weighted by Gasteiger charge is -2.23. The highest BCUT2D eigenvalue weighted by molar-refractivity contribution is 5.93. The second-order valence-corrected chi connectivity index (χ2v) is 3.75. The van der Waals surface area contributed by atoms with Crippen molar-refractivity contribution in [3.63, 3.8) is 0 Å². The summed E-state index contributed by atoms with van der Waals surface area (Å²) in [7, 11) is 0. The third-order valence-electron chi connectivity index (χ3n) is 2.85. The van der Waals surface area contributed by atoms with Crippen LogP contribution in [0.25, 0.3) is 10.4 Å². The maximum atomic E-state index is 11.9. The van der Waals surface area contributed by atoms with Crippen LogP contribution < -0.4 is 0 Å². The Morgan fingerprint density at radius 3 is 2.75 bits per heavy atom. The van der Waals surface area contributed by atoms with E-state index in [0.717, 1.165) is 5.56 Å². The van der Waals surface area contributed by atoms with E-state index in [-0.39, 0.29) is 25.5 Å². The summed E-state index contributed by atoms with van der Waals surface area (Å²) in [5.41, 5.74) is 8.45. The summed E-state index contributed by atoms with van der Waals surface area (Å²) < 4.78 is 5.19. The van der Waals surface area contributed by atoms with Gasteiger partial charge >= 0.3 is 0 Å². The van der Waals surface area contributed by atoms with E-state index in [1.165, 1.54) is 0 Å². The number of rotatable bonds is 3. The van der Waals surface area contributed by atoms with Crippen LogP contribution >= 0.6 is 0 Å². The number of nitrogens with zero attached hydrogens (tertiary/aromatic N) is 3. The van der Waals surface area contributed by atoms with Crippen LogP contribution in [0.4, 0.5) is 0 Å². The molecule has 0 bridgehead atoms. The third kappa shape index (κ3) is 1.66. The Morgan fingerprint density at radius 2 is 2.19 bits per heavy atom. The largest absolute Gasteiger partial charge is 0.372 e. The van der Waals surface area contributed by atoms with E-state index in [1.807, 2.05) is 30.3 Å². The number of carbonyl (C=O) groups excluding carboxylic acids is 1. The average molecular weight is 217 g/mol. The van der Waals surface area contributed by atoms with Crippen LogP contribution in [0.15, 0.2) is 35.4 Å². The Labute approximate surface area is 92.7 Å². The third-order valence-corrected chi connectivity index (χ3v) is 2.85. The van der Waals surface area contributed by atoms with Crippen molar-refractivity contribution in [2.24, 2.45) is 5.11 Å². The molecule has 0 aromatic heterocycles. The van der Waals surface area contributed by atoms with Gasteiger partial charge in [0.15, 0.2) is 5.78 Å². The van der Waals surface area contributed by atoms with Crippen molar-refractivity contribution in [2.75, 3.05) is 19.8 Å². The zero-order valence-corrected chi connectivity index (χ0v) is 8.67. The second-order valence-electron chi connectivity index (χ2n) is 3.75. The minimum Gasteiger partial charge on any atom is -0.372 e. The van der Waals surface area contributed by atoms with Crippen LogP contribution in [0.3, 0.4) is 0 Å². The first kappa shape index (κ1) is 10.7. The number of ketones is 1. The van der Waals surface area contributed by atoms with Gasteiger partial charge in [-0.2, -0.15) is 0 Å². The summed E-state index contributed by atoms with van der Waals surface area (Å²) in [6, 6.07) is 9.32. The Balaban J connectivity index is 2.42. The molecule has 1 aliphatic rings. The molecular formula is C11H11N3O2. The van der Waals surface area contributed by atoms with Gasteiger partial charge in [0.1, 0.15) is 6.61 Å². The van der Waals surface area contributed by atoms with Crippen LogP contribution in [-0.4, -0.2) is 25.5 Å². The van der Waals surface area contributed by atoms with Gasteiger partial charge in [0.2, 0.25) is 0 Å². The Kier molecular flexibility index (Phi) is 2.90. The predicted octanol–water partition coefficient (Wildman–Crippen LogP) is 1.83. The summed E-state index contributed by atoms with van der Waals surface area (Å²) in [6.07, 6.45) is 0. The highest BCUT2D eigenvalue weighted by atomic mass is 16.5. The minimum absolute atomic E-state index is 0.0221. The minimum atomic E-state index is -0.784. The van der Waals surface area contributed by atoms with Gasteiger partial charge in [-0.15, -0.1) is 0 Å². The predicted molar refractivity (Wildman–Crippen MR) is 58.0 cm³/mol. The van der Waals surface area contributed by atoms with Crippen molar-refractivity contribution in [3.05, 3.63) is 46.3 Å². The molecule has 1 atom stereocenters. The number of carbonyl (C=O) groups is 1. The lowest BCUT2D eigenvalue weighted by molar-refractivity contribution is -0.121. The number of hydrogen-bond donors (Lipinski definition) is 0. The van der Waals surface area contributed by atoms with E-state index < -0.39 is 5.41 Å². The van der Waals surface area contributed by atoms with E-state index >= 15 is 0 Å². The molecule has 0 aliphatic carbocycles. The van der Waals surface area contributed by atoms with Crippen molar-refractivity contribution in [3.8, 4) is 0 Å². The van der Waals surface area contributed by atoms with E-state index in [1.54, 1.807) is 0 Å². The van der Waals surface area contributed by atoms with Crippen molar-refractivity contribution in [1.82, 2.24) is 0 Å². The zero-order chi connectivity index (χ0) is 11.4. The van der Waals surface area contributed by atoms with Gasteiger partial charge in [0.25, 0.3) is 0 Å². The zero-order valence-electron chi connectivity index (χ0n) is 8.67. The maximum absolute atomic E-state index is 11.9. The van der Waals surface area contributed by atoms with Gasteiger partial charge in [0.05, 0.1) is 12.0 Å². The topological polar surface area (TPSA) is 75.1 Å². The van der Waals surface area contributed by atoms with Crippen molar-refractivity contribution >= 4 is 5.78 Å². The van der Waals surface area contributed by atoms with Gasteiger partial charge in [-0.05, 0) is 11.1 Å². The quantitative estimate of drug-likeness (QED) is 0.440. The van der Waals surface area contributed by atoms with Crippen LogP contribution in [-0.2, 0) is 14.9 Å².